The van der Waals surface area contributed by atoms with E-state index in [-0.39, 0.29) is 11.3 Å². The molecule has 1 aromatic carbocycles. The molecule has 0 aliphatic rings. The number of nitro benzene ring substituents is 1. The molecule has 1 atom stereocenters. The van der Waals surface area contributed by atoms with Crippen LogP contribution in [0.2, 0.25) is 0 Å². The van der Waals surface area contributed by atoms with Gasteiger partial charge in [0.05, 0.1) is 32.6 Å². The number of thiazole rings is 1. The number of nitro groups is 1. The van der Waals surface area contributed by atoms with Gasteiger partial charge in [-0.3, -0.25) is 10.1 Å². The zero-order chi connectivity index (χ0) is 21.4. The SMILES string of the molecule is Cc1nc(-c2cc(F)cc([N+](=O)[O-])c2F)c(C(C)N(C)C(=O)OC(C)(C)C)s1. The third-order valence-corrected chi connectivity index (χ3v) is 5.01. The standard InChI is InChI=1S/C18H21F2N3O4S/c1-9(22(6)17(24)27-18(3,4)5)16-15(21-10(2)28-16)12-7-11(19)8-13(14(12)20)23(25)26/h7-9H,1-6H3. The van der Waals surface area contributed by atoms with E-state index in [2.05, 4.69) is 4.98 Å². The Kier molecular flexibility index (Phi) is 6.03. The lowest BCUT2D eigenvalue weighted by molar-refractivity contribution is -0.387. The van der Waals surface area contributed by atoms with Crippen LogP contribution < -0.4 is 0 Å². The molecule has 0 bridgehead atoms. The van der Waals surface area contributed by atoms with Crippen molar-refractivity contribution in [2.45, 2.75) is 46.3 Å². The fraction of sp³-hybridized carbons (Fsp3) is 0.444. The van der Waals surface area contributed by atoms with Crippen molar-refractivity contribution in [3.63, 3.8) is 0 Å². The van der Waals surface area contributed by atoms with E-state index in [4.69, 9.17) is 4.74 Å². The van der Waals surface area contributed by atoms with Crippen LogP contribution in [0.25, 0.3) is 11.3 Å². The van der Waals surface area contributed by atoms with Crippen LogP contribution in [0.15, 0.2) is 12.1 Å². The summed E-state index contributed by atoms with van der Waals surface area (Å²) in [4.78, 5) is 28.4. The highest BCUT2D eigenvalue weighted by Crippen LogP contribution is 2.38. The summed E-state index contributed by atoms with van der Waals surface area (Å²) in [6, 6.07) is 0.798. The maximum absolute atomic E-state index is 14.7. The predicted octanol–water partition coefficient (Wildman–Crippen LogP) is 5.23. The van der Waals surface area contributed by atoms with Crippen LogP contribution in [0.5, 0.6) is 0 Å². The highest BCUT2D eigenvalue weighted by Gasteiger charge is 2.30. The van der Waals surface area contributed by atoms with Gasteiger partial charge in [-0.2, -0.15) is 4.39 Å². The van der Waals surface area contributed by atoms with E-state index in [1.165, 1.54) is 23.3 Å². The van der Waals surface area contributed by atoms with Crippen LogP contribution >= 0.6 is 11.3 Å². The van der Waals surface area contributed by atoms with E-state index < -0.39 is 40.0 Å². The molecule has 152 valence electrons. The molecular formula is C18H21F2N3O4S. The average molecular weight is 413 g/mol. The van der Waals surface area contributed by atoms with E-state index in [1.807, 2.05) is 0 Å². The molecule has 0 N–H and O–H groups in total. The Balaban J connectivity index is 2.52. The molecule has 2 aromatic rings. The normalized spacial score (nSPS) is 12.6. The summed E-state index contributed by atoms with van der Waals surface area (Å²) in [7, 11) is 1.52. The Labute approximate surface area is 165 Å². The number of benzene rings is 1. The van der Waals surface area contributed by atoms with Gasteiger partial charge in [-0.1, -0.05) is 0 Å². The molecule has 1 heterocycles. The quantitative estimate of drug-likeness (QED) is 0.506. The summed E-state index contributed by atoms with van der Waals surface area (Å²) in [6.07, 6.45) is -0.595. The van der Waals surface area contributed by atoms with Crippen molar-refractivity contribution in [2.75, 3.05) is 7.05 Å². The van der Waals surface area contributed by atoms with E-state index >= 15 is 0 Å². The lowest BCUT2D eigenvalue weighted by atomic mass is 10.1. The van der Waals surface area contributed by atoms with Gasteiger partial charge in [-0.25, -0.2) is 14.2 Å². The molecule has 0 aliphatic heterocycles. The second-order valence-corrected chi connectivity index (χ2v) is 8.49. The van der Waals surface area contributed by atoms with Gasteiger partial charge >= 0.3 is 11.8 Å². The zero-order valence-electron chi connectivity index (χ0n) is 16.4. The predicted molar refractivity (Wildman–Crippen MR) is 101 cm³/mol. The number of ether oxygens (including phenoxy) is 1. The third kappa shape index (κ3) is 4.61. The molecule has 1 aromatic heterocycles. The van der Waals surface area contributed by atoms with Gasteiger partial charge in [0.15, 0.2) is 0 Å². The first-order chi connectivity index (χ1) is 12.8. The van der Waals surface area contributed by atoms with Crippen molar-refractivity contribution in [3.8, 4) is 11.3 Å². The number of aryl methyl sites for hydroxylation is 1. The van der Waals surface area contributed by atoms with Crippen molar-refractivity contribution >= 4 is 23.1 Å². The fourth-order valence-corrected chi connectivity index (χ4v) is 3.50. The molecule has 0 saturated carbocycles. The van der Waals surface area contributed by atoms with Crippen LogP contribution in [0, 0.1) is 28.7 Å². The Hall–Kier alpha value is -2.62. The largest absolute Gasteiger partial charge is 0.444 e. The van der Waals surface area contributed by atoms with Gasteiger partial charge in [0.25, 0.3) is 0 Å². The maximum Gasteiger partial charge on any atom is 0.410 e. The molecule has 0 spiro atoms. The van der Waals surface area contributed by atoms with Crippen LogP contribution in [0.1, 0.15) is 43.6 Å². The minimum atomic E-state index is -1.18. The molecule has 1 unspecified atom stereocenters. The van der Waals surface area contributed by atoms with E-state index in [9.17, 15) is 23.7 Å². The van der Waals surface area contributed by atoms with E-state index in [0.717, 1.165) is 6.07 Å². The van der Waals surface area contributed by atoms with Gasteiger partial charge in [-0.15, -0.1) is 11.3 Å². The molecule has 0 fully saturated rings. The number of halogens is 2. The highest BCUT2D eigenvalue weighted by atomic mass is 32.1. The minimum absolute atomic E-state index is 0.0607. The lowest BCUT2D eigenvalue weighted by Gasteiger charge is -2.28. The van der Waals surface area contributed by atoms with Crippen LogP contribution in [0.3, 0.4) is 0 Å². The summed E-state index contributed by atoms with van der Waals surface area (Å²) < 4.78 is 33.9. The summed E-state index contributed by atoms with van der Waals surface area (Å²) in [5.41, 5.74) is -1.94. The van der Waals surface area contributed by atoms with Crippen molar-refractivity contribution in [1.82, 2.24) is 9.88 Å². The number of carbonyl (C=O) groups excluding carboxylic acids is 1. The molecule has 28 heavy (non-hydrogen) atoms. The fourth-order valence-electron chi connectivity index (χ4n) is 2.47. The molecule has 2 rings (SSSR count). The molecule has 1 amide bonds. The summed E-state index contributed by atoms with van der Waals surface area (Å²) in [5.74, 6) is -2.13. The Morgan fingerprint density at radius 2 is 1.96 bits per heavy atom. The molecule has 0 saturated heterocycles. The number of carbonyl (C=O) groups is 1. The Bertz CT molecular complexity index is 924. The van der Waals surface area contributed by atoms with Crippen LogP contribution in [0.4, 0.5) is 19.3 Å². The van der Waals surface area contributed by atoms with Gasteiger partial charge in [0, 0.05) is 12.6 Å². The molecule has 0 aliphatic carbocycles. The van der Waals surface area contributed by atoms with Gasteiger partial charge < -0.3 is 9.64 Å². The summed E-state index contributed by atoms with van der Waals surface area (Å²) in [6.45, 7) is 8.54. The molecular weight excluding hydrogens is 392 g/mol. The zero-order valence-corrected chi connectivity index (χ0v) is 17.2. The second kappa shape index (κ2) is 7.78. The number of hydrogen-bond donors (Lipinski definition) is 0. The summed E-state index contributed by atoms with van der Waals surface area (Å²) in [5, 5.41) is 11.6. The third-order valence-electron chi connectivity index (χ3n) is 3.87. The molecule has 10 heteroatoms. The topological polar surface area (TPSA) is 85.6 Å². The van der Waals surface area contributed by atoms with E-state index in [1.54, 1.807) is 34.6 Å². The second-order valence-electron chi connectivity index (χ2n) is 7.26. The minimum Gasteiger partial charge on any atom is -0.444 e. The van der Waals surface area contributed by atoms with E-state index in [0.29, 0.717) is 16.0 Å². The van der Waals surface area contributed by atoms with Crippen LogP contribution in [-0.4, -0.2) is 33.5 Å². The first-order valence-corrected chi connectivity index (χ1v) is 9.20. The first-order valence-electron chi connectivity index (χ1n) is 8.38. The Morgan fingerprint density at radius 3 is 2.50 bits per heavy atom. The van der Waals surface area contributed by atoms with Crippen molar-refractivity contribution in [2.24, 2.45) is 0 Å². The summed E-state index contributed by atoms with van der Waals surface area (Å²) >= 11 is 1.19. The number of hydrogen-bond acceptors (Lipinski definition) is 6. The van der Waals surface area contributed by atoms with Crippen molar-refractivity contribution in [3.05, 3.63) is 43.8 Å². The Morgan fingerprint density at radius 1 is 1.36 bits per heavy atom. The smallest absolute Gasteiger partial charge is 0.410 e. The number of aromatic nitrogens is 1. The number of nitrogens with zero attached hydrogens (tertiary/aromatic N) is 3. The van der Waals surface area contributed by atoms with Gasteiger partial charge in [-0.05, 0) is 40.7 Å². The average Bonchev–Trinajstić information content (AvgIpc) is 2.95. The number of rotatable bonds is 4. The lowest BCUT2D eigenvalue weighted by Crippen LogP contribution is -2.35. The molecule has 0 radical (unpaired) electrons. The maximum atomic E-state index is 14.7. The van der Waals surface area contributed by atoms with Gasteiger partial charge in [0.1, 0.15) is 11.4 Å². The van der Waals surface area contributed by atoms with Crippen molar-refractivity contribution < 1.29 is 23.2 Å². The van der Waals surface area contributed by atoms with Crippen molar-refractivity contribution in [1.29, 1.82) is 0 Å². The van der Waals surface area contributed by atoms with Gasteiger partial charge in [0.2, 0.25) is 5.82 Å². The molecule has 7 nitrogen and oxygen atoms in total. The van der Waals surface area contributed by atoms with Crippen LogP contribution in [-0.2, 0) is 4.74 Å². The number of amides is 1. The monoisotopic (exact) mass is 413 g/mol. The first kappa shape index (κ1) is 21.7. The highest BCUT2D eigenvalue weighted by molar-refractivity contribution is 7.12.